The van der Waals surface area contributed by atoms with E-state index in [9.17, 15) is 29.2 Å². The number of ether oxygens (including phenoxy) is 4. The molecule has 0 radical (unpaired) electrons. The van der Waals surface area contributed by atoms with E-state index >= 15 is 0 Å². The molecule has 4 aromatic carbocycles. The fourth-order valence-electron chi connectivity index (χ4n) is 4.72. The van der Waals surface area contributed by atoms with Crippen molar-refractivity contribution in [3.8, 4) is 11.5 Å². The van der Waals surface area contributed by atoms with Crippen molar-refractivity contribution in [2.45, 2.75) is 64.7 Å². The van der Waals surface area contributed by atoms with Crippen LogP contribution in [0, 0.1) is 25.5 Å². The smallest absolute Gasteiger partial charge is 0.123 e. The minimum Gasteiger partial charge on any atom is -0.508 e. The van der Waals surface area contributed by atoms with Gasteiger partial charge in [-0.3, -0.25) is 0 Å². The molecule has 0 aliphatic carbocycles. The van der Waals surface area contributed by atoms with E-state index in [1.54, 1.807) is 74.5 Å². The normalized spacial score (nSPS) is 14.1. The third kappa shape index (κ3) is 10.1. The lowest BCUT2D eigenvalue weighted by Crippen LogP contribution is -2.49. The number of phenolic OH excluding ortho intramolecular Hbond substituents is 2. The fourth-order valence-corrected chi connectivity index (χ4v) is 4.72. The quantitative estimate of drug-likeness (QED) is 0.118. The van der Waals surface area contributed by atoms with E-state index in [4.69, 9.17) is 18.9 Å². The van der Waals surface area contributed by atoms with Gasteiger partial charge in [0.25, 0.3) is 0 Å². The lowest BCUT2D eigenvalue weighted by atomic mass is 10.0. The van der Waals surface area contributed by atoms with Crippen molar-refractivity contribution in [1.82, 2.24) is 0 Å². The van der Waals surface area contributed by atoms with E-state index < -0.39 is 36.1 Å². The summed E-state index contributed by atoms with van der Waals surface area (Å²) >= 11 is 0. The highest BCUT2D eigenvalue weighted by atomic mass is 19.1. The van der Waals surface area contributed by atoms with Crippen molar-refractivity contribution in [3.05, 3.63) is 130 Å². The van der Waals surface area contributed by atoms with Crippen molar-refractivity contribution in [2.75, 3.05) is 13.2 Å². The van der Waals surface area contributed by atoms with Gasteiger partial charge >= 0.3 is 0 Å². The Morgan fingerprint density at radius 2 is 0.913 bits per heavy atom. The van der Waals surface area contributed by atoms with Gasteiger partial charge in [-0.05, 0) is 83.6 Å². The molecule has 0 unspecified atom stereocenters. The molecule has 246 valence electrons. The van der Waals surface area contributed by atoms with Gasteiger partial charge in [-0.2, -0.15) is 0 Å². The fraction of sp³-hybridized carbons (Fsp3) is 0.333. The lowest BCUT2D eigenvalue weighted by Gasteiger charge is -2.32. The monoisotopic (exact) mass is 638 g/mol. The van der Waals surface area contributed by atoms with Crippen molar-refractivity contribution < 1.29 is 48.2 Å². The van der Waals surface area contributed by atoms with Crippen LogP contribution >= 0.6 is 0 Å². The highest BCUT2D eigenvalue weighted by Crippen LogP contribution is 2.23. The molecule has 0 aliphatic rings. The molecule has 46 heavy (non-hydrogen) atoms. The minimum absolute atomic E-state index is 0.00236. The summed E-state index contributed by atoms with van der Waals surface area (Å²) in [4.78, 5) is 0. The first-order chi connectivity index (χ1) is 22.1. The summed E-state index contributed by atoms with van der Waals surface area (Å²) in [5, 5.41) is 42.9. The van der Waals surface area contributed by atoms with Gasteiger partial charge in [-0.1, -0.05) is 48.5 Å². The molecular formula is C36H40F2O8. The van der Waals surface area contributed by atoms with E-state index in [0.717, 1.165) is 11.1 Å². The maximum Gasteiger partial charge on any atom is 0.123 e. The van der Waals surface area contributed by atoms with Gasteiger partial charge < -0.3 is 39.4 Å². The maximum absolute atomic E-state index is 13.5. The molecule has 4 rings (SSSR count). The van der Waals surface area contributed by atoms with Crippen molar-refractivity contribution >= 4 is 0 Å². The zero-order valence-electron chi connectivity index (χ0n) is 25.8. The zero-order chi connectivity index (χ0) is 33.1. The topological polar surface area (TPSA) is 118 Å². The van der Waals surface area contributed by atoms with Crippen LogP contribution in [-0.2, 0) is 45.4 Å². The predicted molar refractivity (Wildman–Crippen MR) is 167 cm³/mol. The molecule has 0 saturated carbocycles. The van der Waals surface area contributed by atoms with Crippen LogP contribution in [0.2, 0.25) is 0 Å². The summed E-state index contributed by atoms with van der Waals surface area (Å²) < 4.78 is 50.7. The standard InChI is InChI=1S/C36H40F2O8/c1-23-27(5-3-7-31(23)39)19-43-21-33(45-17-25-9-13-29(37)14-10-25)35(41)36(42)34(46-18-26-11-15-30(38)16-12-26)22-44-20-28-6-4-8-32(40)24(28)2/h3-16,33-36,39-42H,17-22H2,1-2H3/t33-,34-,35-,36-/m1/s1. The molecule has 0 heterocycles. The van der Waals surface area contributed by atoms with Gasteiger partial charge in [0.2, 0.25) is 0 Å². The van der Waals surface area contributed by atoms with Crippen LogP contribution in [0.25, 0.3) is 0 Å². The largest absolute Gasteiger partial charge is 0.508 e. The number of benzene rings is 4. The SMILES string of the molecule is Cc1c(O)cccc1COC[C@@H](OCc1ccc(F)cc1)[C@@H](O)[C@H](O)[C@@H](COCc1cccc(O)c1C)OCc1ccc(F)cc1. The molecular weight excluding hydrogens is 598 g/mol. The first-order valence-corrected chi connectivity index (χ1v) is 14.9. The van der Waals surface area contributed by atoms with E-state index in [2.05, 4.69) is 0 Å². The third-order valence-electron chi connectivity index (χ3n) is 7.78. The molecule has 0 fully saturated rings. The first-order valence-electron chi connectivity index (χ1n) is 14.9. The average Bonchev–Trinajstić information content (AvgIpc) is 3.05. The van der Waals surface area contributed by atoms with Crippen LogP contribution in [0.4, 0.5) is 8.78 Å². The highest BCUT2D eigenvalue weighted by Gasteiger charge is 2.34. The van der Waals surface area contributed by atoms with Crippen LogP contribution in [0.5, 0.6) is 11.5 Å². The van der Waals surface area contributed by atoms with E-state index in [1.807, 2.05) is 0 Å². The number of aliphatic hydroxyl groups excluding tert-OH is 2. The first kappa shape index (κ1) is 35.0. The Labute approximate surface area is 267 Å². The predicted octanol–water partition coefficient (Wildman–Crippen LogP) is 5.62. The second-order valence-corrected chi connectivity index (χ2v) is 11.1. The van der Waals surface area contributed by atoms with Gasteiger partial charge in [-0.15, -0.1) is 0 Å². The van der Waals surface area contributed by atoms with Crippen LogP contribution in [0.15, 0.2) is 84.9 Å². The summed E-state index contributed by atoms with van der Waals surface area (Å²) in [6.07, 6.45) is -5.14. The number of phenols is 2. The van der Waals surface area contributed by atoms with Crippen LogP contribution < -0.4 is 0 Å². The van der Waals surface area contributed by atoms with Crippen LogP contribution in [0.3, 0.4) is 0 Å². The van der Waals surface area contributed by atoms with Gasteiger partial charge in [0, 0.05) is 0 Å². The van der Waals surface area contributed by atoms with E-state index in [0.29, 0.717) is 22.3 Å². The molecule has 0 spiro atoms. The summed E-state index contributed by atoms with van der Waals surface area (Å²) in [5.41, 5.74) is 4.07. The Kier molecular flexibility index (Phi) is 13.0. The van der Waals surface area contributed by atoms with Crippen LogP contribution in [-0.4, -0.2) is 58.1 Å². The molecule has 10 heteroatoms. The number of hydrogen-bond donors (Lipinski definition) is 4. The summed E-state index contributed by atoms with van der Waals surface area (Å²) in [5.74, 6) is -0.546. The van der Waals surface area contributed by atoms with Gasteiger partial charge in [0.15, 0.2) is 0 Å². The second-order valence-electron chi connectivity index (χ2n) is 11.1. The Morgan fingerprint density at radius 3 is 1.28 bits per heavy atom. The second kappa shape index (κ2) is 17.1. The maximum atomic E-state index is 13.5. The molecule has 4 N–H and O–H groups in total. The van der Waals surface area contributed by atoms with Crippen LogP contribution in [0.1, 0.15) is 33.4 Å². The number of halogens is 2. The van der Waals surface area contributed by atoms with Gasteiger partial charge in [0.1, 0.15) is 47.5 Å². The third-order valence-corrected chi connectivity index (χ3v) is 7.78. The minimum atomic E-state index is -1.52. The van der Waals surface area contributed by atoms with Crippen molar-refractivity contribution in [1.29, 1.82) is 0 Å². The Hall–Kier alpha value is -3.90. The number of hydrogen-bond acceptors (Lipinski definition) is 8. The molecule has 4 atom stereocenters. The summed E-state index contributed by atoms with van der Waals surface area (Å²) in [6, 6.07) is 21.6. The molecule has 0 saturated heterocycles. The average molecular weight is 639 g/mol. The lowest BCUT2D eigenvalue weighted by molar-refractivity contribution is -0.170. The van der Waals surface area contributed by atoms with Gasteiger partial charge in [-0.25, -0.2) is 8.78 Å². The summed E-state index contributed by atoms with van der Waals surface area (Å²) in [6.45, 7) is 3.46. The molecule has 0 amide bonds. The molecule has 8 nitrogen and oxygen atoms in total. The number of aliphatic hydroxyl groups is 2. The number of rotatable bonds is 17. The van der Waals surface area contributed by atoms with Gasteiger partial charge in [0.05, 0.1) is 39.6 Å². The Bertz CT molecular complexity index is 1400. The van der Waals surface area contributed by atoms with E-state index in [1.165, 1.54) is 24.3 Å². The molecule has 0 bridgehead atoms. The van der Waals surface area contributed by atoms with Crippen molar-refractivity contribution in [3.63, 3.8) is 0 Å². The Balaban J connectivity index is 1.48. The van der Waals surface area contributed by atoms with E-state index in [-0.39, 0.29) is 51.1 Å². The van der Waals surface area contributed by atoms with Crippen molar-refractivity contribution in [2.24, 2.45) is 0 Å². The Morgan fingerprint density at radius 1 is 0.543 bits per heavy atom. The molecule has 4 aromatic rings. The summed E-state index contributed by atoms with van der Waals surface area (Å²) in [7, 11) is 0. The highest BCUT2D eigenvalue weighted by molar-refractivity contribution is 5.38. The number of aromatic hydroxyl groups is 2. The molecule has 0 aromatic heterocycles. The zero-order valence-corrected chi connectivity index (χ0v) is 25.8. The molecule has 0 aliphatic heterocycles.